The molecule has 3 heterocycles. The molecule has 2 aromatic carbocycles. The van der Waals surface area contributed by atoms with Crippen LogP contribution in [-0.4, -0.2) is 58.7 Å². The number of hydrogen-bond acceptors (Lipinski definition) is 5. The molecule has 1 amide bonds. The third kappa shape index (κ3) is 6.35. The van der Waals surface area contributed by atoms with Gasteiger partial charge in [0.1, 0.15) is 23.0 Å². The largest absolute Gasteiger partial charge is 0.457 e. The molecule has 2 unspecified atom stereocenters. The summed E-state index contributed by atoms with van der Waals surface area (Å²) in [6.45, 7) is 11.1. The number of ether oxygens (including phenoxy) is 1. The second-order valence-electron chi connectivity index (χ2n) is 11.2. The van der Waals surface area contributed by atoms with Gasteiger partial charge in [-0.25, -0.2) is 4.99 Å². The summed E-state index contributed by atoms with van der Waals surface area (Å²) in [5.74, 6) is 9.86. The molecule has 2 atom stereocenters. The van der Waals surface area contributed by atoms with Gasteiger partial charge in [0.2, 0.25) is 5.91 Å². The van der Waals surface area contributed by atoms with Gasteiger partial charge in [-0.3, -0.25) is 9.69 Å². The van der Waals surface area contributed by atoms with Gasteiger partial charge >= 0.3 is 0 Å². The lowest BCUT2D eigenvalue weighted by Crippen LogP contribution is -2.51. The zero-order valence-corrected chi connectivity index (χ0v) is 24.9. The normalized spacial score (nSPS) is 18.6. The number of carbonyl (C=O) groups is 1. The lowest BCUT2D eigenvalue weighted by molar-refractivity contribution is -0.126. The summed E-state index contributed by atoms with van der Waals surface area (Å²) < 4.78 is 8.10. The van der Waals surface area contributed by atoms with Crippen molar-refractivity contribution in [3.05, 3.63) is 78.5 Å². The van der Waals surface area contributed by atoms with Crippen molar-refractivity contribution in [1.29, 1.82) is 0 Å². The predicted octanol–water partition coefficient (Wildman–Crippen LogP) is 6.08. The summed E-state index contributed by atoms with van der Waals surface area (Å²) >= 11 is 0. The van der Waals surface area contributed by atoms with Crippen molar-refractivity contribution in [2.24, 2.45) is 23.7 Å². The van der Waals surface area contributed by atoms with E-state index in [1.54, 1.807) is 6.21 Å². The molecule has 42 heavy (non-hydrogen) atoms. The SMILES string of the molecule is C=CC(=O)N1CCCC(N2CC(C#Cc3c(-c4ccc(Oc5ccccc5)cc4)c(C(C)N)c(N=CC)n3C)C2)CC1. The van der Waals surface area contributed by atoms with Crippen molar-refractivity contribution >= 4 is 17.9 Å². The monoisotopic (exact) mass is 563 g/mol. The van der Waals surface area contributed by atoms with Gasteiger partial charge in [0, 0.05) is 68.6 Å². The number of benzene rings is 2. The van der Waals surface area contributed by atoms with Crippen LogP contribution in [-0.2, 0) is 11.8 Å². The van der Waals surface area contributed by atoms with Gasteiger partial charge in [-0.1, -0.05) is 42.8 Å². The molecule has 7 heteroatoms. The van der Waals surface area contributed by atoms with Crippen molar-refractivity contribution in [2.45, 2.75) is 45.2 Å². The van der Waals surface area contributed by atoms with E-state index >= 15 is 0 Å². The summed E-state index contributed by atoms with van der Waals surface area (Å²) in [5.41, 5.74) is 10.5. The zero-order chi connectivity index (χ0) is 29.6. The fraction of sp³-hybridized carbons (Fsp3) is 0.371. The van der Waals surface area contributed by atoms with Gasteiger partial charge in [0.15, 0.2) is 0 Å². The first kappa shape index (κ1) is 29.4. The Hall–Kier alpha value is -4.12. The number of para-hydroxylation sites is 1. The van der Waals surface area contributed by atoms with Crippen LogP contribution in [0.3, 0.4) is 0 Å². The average molecular weight is 564 g/mol. The molecule has 0 saturated carbocycles. The lowest BCUT2D eigenvalue weighted by Gasteiger charge is -2.42. The van der Waals surface area contributed by atoms with Crippen molar-refractivity contribution in [1.82, 2.24) is 14.4 Å². The Balaban J connectivity index is 1.36. The fourth-order valence-electron chi connectivity index (χ4n) is 6.02. The molecule has 2 fully saturated rings. The van der Waals surface area contributed by atoms with Crippen LogP contribution in [0, 0.1) is 17.8 Å². The van der Waals surface area contributed by atoms with Crippen LogP contribution >= 0.6 is 0 Å². The topological polar surface area (TPSA) is 76.1 Å². The van der Waals surface area contributed by atoms with Crippen LogP contribution in [0.2, 0.25) is 0 Å². The van der Waals surface area contributed by atoms with Crippen molar-refractivity contribution in [2.75, 3.05) is 26.2 Å². The van der Waals surface area contributed by atoms with Crippen LogP contribution < -0.4 is 10.5 Å². The minimum absolute atomic E-state index is 0.0395. The van der Waals surface area contributed by atoms with Crippen molar-refractivity contribution < 1.29 is 9.53 Å². The standard InChI is InChI=1S/C35H41N5O2/c1-5-32(41)39-21-10-11-28(20-22-39)40-23-26(24-40)14-19-31-34(33(25(3)36)35(37-6-2)38(31)4)27-15-17-30(18-16-27)42-29-12-8-7-9-13-29/h5-9,12-13,15-18,25-26,28H,1,10-11,20-24,36H2,2-4H3. The van der Waals surface area contributed by atoms with Gasteiger partial charge in [0.05, 0.1) is 0 Å². The number of nitrogens with zero attached hydrogens (tertiary/aromatic N) is 4. The minimum atomic E-state index is -0.220. The van der Waals surface area contributed by atoms with Crippen LogP contribution in [0.5, 0.6) is 11.5 Å². The fourth-order valence-corrected chi connectivity index (χ4v) is 6.02. The highest BCUT2D eigenvalue weighted by Crippen LogP contribution is 2.40. The molecule has 0 spiro atoms. The first-order chi connectivity index (χ1) is 20.4. The number of aromatic nitrogens is 1. The molecule has 5 rings (SSSR count). The van der Waals surface area contributed by atoms with E-state index in [0.717, 1.165) is 85.1 Å². The summed E-state index contributed by atoms with van der Waals surface area (Å²) in [7, 11) is 2.02. The number of rotatable bonds is 7. The summed E-state index contributed by atoms with van der Waals surface area (Å²) in [5, 5.41) is 0. The molecule has 7 nitrogen and oxygen atoms in total. The Labute approximate surface area is 249 Å². The molecule has 2 N–H and O–H groups in total. The highest BCUT2D eigenvalue weighted by molar-refractivity contribution is 5.87. The van der Waals surface area contributed by atoms with Gasteiger partial charge < -0.3 is 19.9 Å². The van der Waals surface area contributed by atoms with Crippen LogP contribution in [0.15, 0.2) is 72.2 Å². The Morgan fingerprint density at radius 2 is 1.81 bits per heavy atom. The van der Waals surface area contributed by atoms with Crippen LogP contribution in [0.1, 0.15) is 50.4 Å². The number of nitrogens with two attached hydrogens (primary N) is 1. The number of likely N-dealkylation sites (tertiary alicyclic amines) is 2. The molecule has 0 aliphatic carbocycles. The smallest absolute Gasteiger partial charge is 0.245 e. The Morgan fingerprint density at radius 3 is 2.48 bits per heavy atom. The molecule has 2 aliphatic heterocycles. The lowest BCUT2D eigenvalue weighted by atomic mass is 9.94. The summed E-state index contributed by atoms with van der Waals surface area (Å²) in [4.78, 5) is 21.2. The van der Waals surface area contributed by atoms with Gasteiger partial charge in [-0.2, -0.15) is 0 Å². The highest BCUT2D eigenvalue weighted by Gasteiger charge is 2.33. The zero-order valence-electron chi connectivity index (χ0n) is 24.9. The Bertz CT molecular complexity index is 1490. The molecular weight excluding hydrogens is 522 g/mol. The maximum absolute atomic E-state index is 12.1. The van der Waals surface area contributed by atoms with E-state index in [1.165, 1.54) is 6.08 Å². The van der Waals surface area contributed by atoms with E-state index in [1.807, 2.05) is 68.3 Å². The number of carbonyl (C=O) groups excluding carboxylic acids is 1. The van der Waals surface area contributed by atoms with E-state index in [-0.39, 0.29) is 11.9 Å². The quantitative estimate of drug-likeness (QED) is 0.215. The summed E-state index contributed by atoms with van der Waals surface area (Å²) in [6, 6.07) is 18.2. The van der Waals surface area contributed by atoms with E-state index < -0.39 is 0 Å². The number of hydrogen-bond donors (Lipinski definition) is 1. The van der Waals surface area contributed by atoms with Gasteiger partial charge in [0.25, 0.3) is 0 Å². The van der Waals surface area contributed by atoms with E-state index in [2.05, 4.69) is 40.0 Å². The first-order valence-electron chi connectivity index (χ1n) is 14.9. The van der Waals surface area contributed by atoms with Crippen LogP contribution in [0.4, 0.5) is 5.82 Å². The Kier molecular flexibility index (Phi) is 9.26. The molecule has 0 bridgehead atoms. The maximum atomic E-state index is 12.1. The third-order valence-electron chi connectivity index (χ3n) is 8.23. The molecule has 1 aromatic heterocycles. The first-order valence-corrected chi connectivity index (χ1v) is 14.9. The third-order valence-corrected chi connectivity index (χ3v) is 8.23. The van der Waals surface area contributed by atoms with Gasteiger partial charge in [-0.05, 0) is 74.9 Å². The Morgan fingerprint density at radius 1 is 1.10 bits per heavy atom. The van der Waals surface area contributed by atoms with E-state index in [4.69, 9.17) is 15.5 Å². The van der Waals surface area contributed by atoms with E-state index in [9.17, 15) is 4.79 Å². The van der Waals surface area contributed by atoms with Crippen LogP contribution in [0.25, 0.3) is 11.1 Å². The highest BCUT2D eigenvalue weighted by atomic mass is 16.5. The minimum Gasteiger partial charge on any atom is -0.457 e. The average Bonchev–Trinajstić information content (AvgIpc) is 3.10. The molecule has 218 valence electrons. The number of amides is 1. The second kappa shape index (κ2) is 13.2. The summed E-state index contributed by atoms with van der Waals surface area (Å²) in [6.07, 6.45) is 6.37. The van der Waals surface area contributed by atoms with Crippen molar-refractivity contribution in [3.8, 4) is 34.5 Å². The van der Waals surface area contributed by atoms with Gasteiger partial charge in [-0.15, -0.1) is 0 Å². The predicted molar refractivity (Wildman–Crippen MR) is 170 cm³/mol. The second-order valence-corrected chi connectivity index (χ2v) is 11.2. The van der Waals surface area contributed by atoms with E-state index in [0.29, 0.717) is 12.0 Å². The van der Waals surface area contributed by atoms with Crippen molar-refractivity contribution in [3.63, 3.8) is 0 Å². The molecule has 0 radical (unpaired) electrons. The molecular formula is C35H41N5O2. The maximum Gasteiger partial charge on any atom is 0.245 e. The molecule has 3 aromatic rings. The number of aliphatic imine (C=N–C) groups is 1. The molecule has 2 aliphatic rings. The molecule has 2 saturated heterocycles.